The van der Waals surface area contributed by atoms with E-state index in [0.717, 1.165) is 17.9 Å². The predicted octanol–water partition coefficient (Wildman–Crippen LogP) is 2.64. The van der Waals surface area contributed by atoms with E-state index in [-0.39, 0.29) is 4.99 Å². The fraction of sp³-hybridized carbons (Fsp3) is 0.214. The Balaban J connectivity index is 2.06. The van der Waals surface area contributed by atoms with Crippen molar-refractivity contribution in [2.45, 2.75) is 13.3 Å². The van der Waals surface area contributed by atoms with Crippen LogP contribution in [0.15, 0.2) is 36.5 Å². The summed E-state index contributed by atoms with van der Waals surface area (Å²) < 4.78 is 5.52. The molecule has 0 aliphatic heterocycles. The predicted molar refractivity (Wildman–Crippen MR) is 83.4 cm³/mol. The summed E-state index contributed by atoms with van der Waals surface area (Å²) in [4.78, 5) is 8.59. The smallest absolute Gasteiger partial charge is 0.227 e. The zero-order valence-corrected chi connectivity index (χ0v) is 12.0. The first-order valence-corrected chi connectivity index (χ1v) is 6.72. The van der Waals surface area contributed by atoms with Gasteiger partial charge in [0.2, 0.25) is 5.95 Å². The van der Waals surface area contributed by atoms with Crippen LogP contribution in [-0.4, -0.2) is 21.6 Å². The first-order chi connectivity index (χ1) is 9.69. The summed E-state index contributed by atoms with van der Waals surface area (Å²) in [5.74, 6) is 1.30. The highest BCUT2D eigenvalue weighted by Gasteiger charge is 2.02. The molecule has 0 aliphatic carbocycles. The molecule has 6 heteroatoms. The number of nitrogens with one attached hydrogen (secondary N) is 1. The zero-order valence-electron chi connectivity index (χ0n) is 11.2. The van der Waals surface area contributed by atoms with Gasteiger partial charge in [0, 0.05) is 11.9 Å². The van der Waals surface area contributed by atoms with E-state index >= 15 is 0 Å². The quantitative estimate of drug-likeness (QED) is 0.796. The monoisotopic (exact) mass is 288 g/mol. The number of thiocarbonyl (C=S) groups is 1. The van der Waals surface area contributed by atoms with Crippen molar-refractivity contribution >= 4 is 28.8 Å². The lowest BCUT2D eigenvalue weighted by molar-refractivity contribution is 0.317. The first-order valence-electron chi connectivity index (χ1n) is 6.32. The largest absolute Gasteiger partial charge is 0.494 e. The van der Waals surface area contributed by atoms with E-state index in [1.54, 1.807) is 12.3 Å². The molecule has 2 rings (SSSR count). The van der Waals surface area contributed by atoms with Crippen molar-refractivity contribution in [1.29, 1.82) is 0 Å². The molecule has 0 aliphatic rings. The number of aromatic nitrogens is 2. The van der Waals surface area contributed by atoms with Crippen molar-refractivity contribution in [3.05, 3.63) is 42.2 Å². The van der Waals surface area contributed by atoms with Gasteiger partial charge in [-0.05, 0) is 36.8 Å². The van der Waals surface area contributed by atoms with Crippen molar-refractivity contribution in [1.82, 2.24) is 9.97 Å². The molecule has 0 saturated heterocycles. The van der Waals surface area contributed by atoms with Gasteiger partial charge in [-0.2, -0.15) is 0 Å². The Morgan fingerprint density at radius 2 is 2.05 bits per heavy atom. The van der Waals surface area contributed by atoms with Crippen LogP contribution in [0.3, 0.4) is 0 Å². The molecule has 1 aromatic heterocycles. The van der Waals surface area contributed by atoms with Gasteiger partial charge in [0.25, 0.3) is 0 Å². The Labute approximate surface area is 123 Å². The fourth-order valence-electron chi connectivity index (χ4n) is 1.54. The zero-order chi connectivity index (χ0) is 14.4. The van der Waals surface area contributed by atoms with Crippen molar-refractivity contribution in [2.24, 2.45) is 5.73 Å². The molecule has 1 heterocycles. The minimum atomic E-state index is 0.249. The molecule has 0 atom stereocenters. The van der Waals surface area contributed by atoms with Gasteiger partial charge in [-0.25, -0.2) is 9.97 Å². The lowest BCUT2D eigenvalue weighted by Gasteiger charge is -2.08. The second kappa shape index (κ2) is 6.81. The van der Waals surface area contributed by atoms with E-state index < -0.39 is 0 Å². The molecule has 0 spiro atoms. The SMILES string of the molecule is CCCOc1ccc(Nc2nccc(C(N)=S)n2)cc1. The van der Waals surface area contributed by atoms with Crippen LogP contribution in [0.4, 0.5) is 11.6 Å². The summed E-state index contributed by atoms with van der Waals surface area (Å²) in [6.45, 7) is 2.79. The second-order valence-electron chi connectivity index (χ2n) is 4.13. The van der Waals surface area contributed by atoms with E-state index in [1.807, 2.05) is 24.3 Å². The van der Waals surface area contributed by atoms with Gasteiger partial charge in [0.15, 0.2) is 0 Å². The van der Waals surface area contributed by atoms with Gasteiger partial charge >= 0.3 is 0 Å². The fourth-order valence-corrected chi connectivity index (χ4v) is 1.65. The molecule has 104 valence electrons. The number of nitrogens with two attached hydrogens (primary N) is 1. The summed E-state index contributed by atoms with van der Waals surface area (Å²) in [5, 5.41) is 3.09. The van der Waals surface area contributed by atoms with Crippen molar-refractivity contribution in [2.75, 3.05) is 11.9 Å². The van der Waals surface area contributed by atoms with Crippen LogP contribution in [0.5, 0.6) is 5.75 Å². The molecule has 1 aromatic carbocycles. The van der Waals surface area contributed by atoms with E-state index in [2.05, 4.69) is 22.2 Å². The molecule has 5 nitrogen and oxygen atoms in total. The molecule has 0 fully saturated rings. The number of benzene rings is 1. The maximum Gasteiger partial charge on any atom is 0.227 e. The maximum absolute atomic E-state index is 5.54. The minimum Gasteiger partial charge on any atom is -0.494 e. The van der Waals surface area contributed by atoms with E-state index in [1.165, 1.54) is 0 Å². The first kappa shape index (κ1) is 14.2. The van der Waals surface area contributed by atoms with E-state index in [0.29, 0.717) is 18.2 Å². The summed E-state index contributed by atoms with van der Waals surface area (Å²) in [5.41, 5.74) is 6.95. The van der Waals surface area contributed by atoms with Gasteiger partial charge in [0.1, 0.15) is 16.4 Å². The average Bonchev–Trinajstić information content (AvgIpc) is 2.47. The number of rotatable bonds is 6. The van der Waals surface area contributed by atoms with Crippen LogP contribution in [0, 0.1) is 0 Å². The molecular formula is C14H16N4OS. The molecule has 0 unspecified atom stereocenters. The van der Waals surface area contributed by atoms with E-state index in [9.17, 15) is 0 Å². The van der Waals surface area contributed by atoms with Crippen molar-refractivity contribution in [3.63, 3.8) is 0 Å². The van der Waals surface area contributed by atoms with Crippen LogP contribution < -0.4 is 15.8 Å². The third-order valence-electron chi connectivity index (χ3n) is 2.49. The minimum absolute atomic E-state index is 0.249. The molecule has 0 radical (unpaired) electrons. The number of anilines is 2. The van der Waals surface area contributed by atoms with E-state index in [4.69, 9.17) is 22.7 Å². The molecule has 0 amide bonds. The van der Waals surface area contributed by atoms with Gasteiger partial charge in [0.05, 0.1) is 6.61 Å². The average molecular weight is 288 g/mol. The Kier molecular flexibility index (Phi) is 4.84. The molecule has 0 saturated carbocycles. The van der Waals surface area contributed by atoms with Crippen molar-refractivity contribution in [3.8, 4) is 5.75 Å². The molecule has 20 heavy (non-hydrogen) atoms. The standard InChI is InChI=1S/C14H16N4OS/c1-2-9-19-11-5-3-10(4-6-11)17-14-16-8-7-12(18-14)13(15)20/h3-8H,2,9H2,1H3,(H2,15,20)(H,16,17,18). The highest BCUT2D eigenvalue weighted by atomic mass is 32.1. The Morgan fingerprint density at radius 3 is 2.70 bits per heavy atom. The lowest BCUT2D eigenvalue weighted by atomic mass is 10.3. The topological polar surface area (TPSA) is 73.1 Å². The van der Waals surface area contributed by atoms with Crippen LogP contribution in [0.2, 0.25) is 0 Å². The molecule has 2 aromatic rings. The Hall–Kier alpha value is -2.21. The van der Waals surface area contributed by atoms with Crippen LogP contribution >= 0.6 is 12.2 Å². The van der Waals surface area contributed by atoms with Gasteiger partial charge in [-0.15, -0.1) is 0 Å². The number of nitrogens with zero attached hydrogens (tertiary/aromatic N) is 2. The van der Waals surface area contributed by atoms with Gasteiger partial charge in [-0.1, -0.05) is 19.1 Å². The van der Waals surface area contributed by atoms with Gasteiger partial charge in [-0.3, -0.25) is 0 Å². The van der Waals surface area contributed by atoms with Gasteiger partial charge < -0.3 is 15.8 Å². The third-order valence-corrected chi connectivity index (χ3v) is 2.70. The normalized spacial score (nSPS) is 10.1. The third kappa shape index (κ3) is 3.89. The summed E-state index contributed by atoms with van der Waals surface area (Å²) in [6, 6.07) is 9.28. The van der Waals surface area contributed by atoms with Crippen molar-refractivity contribution < 1.29 is 4.74 Å². The summed E-state index contributed by atoms with van der Waals surface area (Å²) in [6.07, 6.45) is 2.60. The maximum atomic E-state index is 5.54. The molecule has 0 bridgehead atoms. The van der Waals surface area contributed by atoms with Crippen LogP contribution in [0.25, 0.3) is 0 Å². The number of hydrogen-bond acceptors (Lipinski definition) is 5. The second-order valence-corrected chi connectivity index (χ2v) is 4.57. The number of ether oxygens (including phenoxy) is 1. The lowest BCUT2D eigenvalue weighted by Crippen LogP contribution is -2.12. The number of hydrogen-bond donors (Lipinski definition) is 2. The summed E-state index contributed by atoms with van der Waals surface area (Å²) in [7, 11) is 0. The highest BCUT2D eigenvalue weighted by Crippen LogP contribution is 2.18. The van der Waals surface area contributed by atoms with Crippen LogP contribution in [0.1, 0.15) is 19.0 Å². The Bertz CT molecular complexity index is 586. The molecule has 3 N–H and O–H groups in total. The Morgan fingerprint density at radius 1 is 1.30 bits per heavy atom. The molecular weight excluding hydrogens is 272 g/mol. The van der Waals surface area contributed by atoms with Crippen LogP contribution in [-0.2, 0) is 0 Å². The highest BCUT2D eigenvalue weighted by molar-refractivity contribution is 7.80. The summed E-state index contributed by atoms with van der Waals surface area (Å²) >= 11 is 4.89.